The van der Waals surface area contributed by atoms with Gasteiger partial charge in [0.1, 0.15) is 12.6 Å². The monoisotopic (exact) mass is 552 g/mol. The maximum absolute atomic E-state index is 14.2. The molecule has 208 valence electrons. The van der Waals surface area contributed by atoms with E-state index in [2.05, 4.69) is 15.6 Å². The van der Waals surface area contributed by atoms with Crippen molar-refractivity contribution in [2.45, 2.75) is 19.0 Å². The number of rotatable bonds is 9. The molecule has 2 aromatic heterocycles. The Balaban J connectivity index is 1.50. The number of aryl methyl sites for hydroxylation is 1. The lowest BCUT2D eigenvalue weighted by Gasteiger charge is -2.36. The van der Waals surface area contributed by atoms with Crippen LogP contribution in [0.25, 0.3) is 11.3 Å². The zero-order valence-corrected chi connectivity index (χ0v) is 21.9. The van der Waals surface area contributed by atoms with Crippen LogP contribution in [0.4, 0.5) is 18.4 Å². The Labute approximate surface area is 229 Å². The molecule has 0 fully saturated rings. The summed E-state index contributed by atoms with van der Waals surface area (Å²) >= 11 is 0. The smallest absolute Gasteiger partial charge is 0.338 e. The van der Waals surface area contributed by atoms with E-state index in [1.54, 1.807) is 6.20 Å². The topological polar surface area (TPSA) is 114 Å². The largest absolute Gasteiger partial charge is 0.466 e. The number of methoxy groups -OCH3 is 2. The lowest BCUT2D eigenvalue weighted by Crippen LogP contribution is -2.55. The molecule has 3 aromatic rings. The highest BCUT2D eigenvalue weighted by atomic mass is 19.2. The van der Waals surface area contributed by atoms with E-state index in [0.29, 0.717) is 13.0 Å². The van der Waals surface area contributed by atoms with Crippen LogP contribution in [0.2, 0.25) is 0 Å². The molecule has 1 aliphatic rings. The highest BCUT2D eigenvalue weighted by molar-refractivity contribution is 6.01. The van der Waals surface area contributed by atoms with Crippen molar-refractivity contribution < 1.29 is 37.2 Å². The Morgan fingerprint density at radius 1 is 1.10 bits per heavy atom. The first-order valence-corrected chi connectivity index (χ1v) is 12.4. The third-order valence-corrected chi connectivity index (χ3v) is 6.23. The number of nitrogens with one attached hydrogen (secondary N) is 2. The Kier molecular flexibility index (Phi) is 9.12. The third-order valence-electron chi connectivity index (χ3n) is 6.23. The van der Waals surface area contributed by atoms with E-state index in [1.165, 1.54) is 13.2 Å². The quantitative estimate of drug-likeness (QED) is 0.239. The van der Waals surface area contributed by atoms with Crippen molar-refractivity contribution in [3.05, 3.63) is 95.6 Å². The maximum atomic E-state index is 14.2. The molecule has 1 aliphatic heterocycles. The van der Waals surface area contributed by atoms with Gasteiger partial charge in [0, 0.05) is 44.0 Å². The van der Waals surface area contributed by atoms with Crippen molar-refractivity contribution >= 4 is 18.0 Å². The van der Waals surface area contributed by atoms with Crippen LogP contribution in [0, 0.1) is 11.6 Å². The van der Waals surface area contributed by atoms with Gasteiger partial charge in [0.15, 0.2) is 24.0 Å². The number of benzene rings is 1. The molecule has 3 heterocycles. The van der Waals surface area contributed by atoms with E-state index >= 15 is 0 Å². The van der Waals surface area contributed by atoms with Crippen molar-refractivity contribution in [2.24, 2.45) is 0 Å². The average molecular weight is 553 g/mol. The highest BCUT2D eigenvalue weighted by Crippen LogP contribution is 2.35. The summed E-state index contributed by atoms with van der Waals surface area (Å²) in [6.45, 7) is 0.555. The molecule has 0 radical (unpaired) electrons. The second-order valence-corrected chi connectivity index (χ2v) is 8.82. The summed E-state index contributed by atoms with van der Waals surface area (Å²) in [7, 11) is 2.48. The number of aromatic nitrogens is 2. The minimum Gasteiger partial charge on any atom is -0.466 e. The van der Waals surface area contributed by atoms with Gasteiger partial charge in [-0.15, -0.1) is 0 Å². The highest BCUT2D eigenvalue weighted by Gasteiger charge is 2.43. The third kappa shape index (κ3) is 6.29. The number of nitrogens with zero attached hydrogens (tertiary/aromatic N) is 3. The molecule has 2 N–H and O–H groups in total. The van der Waals surface area contributed by atoms with Crippen molar-refractivity contribution in [1.82, 2.24) is 20.5 Å². The van der Waals surface area contributed by atoms with Crippen molar-refractivity contribution in [1.29, 1.82) is 0 Å². The number of hydrogen-bond acceptors (Lipinski definition) is 6. The Bertz CT molecular complexity index is 1420. The number of pyridine rings is 2. The molecule has 0 spiro atoms. The number of hydrogen-bond donors (Lipinski definition) is 2. The molecular formula is C28H28F2N5O5+. The molecule has 12 heteroatoms. The van der Waals surface area contributed by atoms with E-state index in [4.69, 9.17) is 9.47 Å². The van der Waals surface area contributed by atoms with E-state index in [-0.39, 0.29) is 30.0 Å². The summed E-state index contributed by atoms with van der Waals surface area (Å²) in [6.07, 6.45) is 6.03. The van der Waals surface area contributed by atoms with Crippen LogP contribution in [-0.2, 0) is 20.8 Å². The molecule has 0 saturated carbocycles. The molecule has 4 rings (SSSR count). The normalized spacial score (nSPS) is 15.1. The summed E-state index contributed by atoms with van der Waals surface area (Å²) < 4.78 is 39.8. The van der Waals surface area contributed by atoms with Crippen molar-refractivity contribution in [2.75, 3.05) is 27.4 Å². The first-order chi connectivity index (χ1) is 19.3. The SMILES string of the molecule is COCC1=C(C(=O)OC)C(c2ccc(F)c(F)c2)N(C(=O)NCCC[n+]2ccc(-c3ccccn3)cc2)C(=O)N1. The van der Waals surface area contributed by atoms with Gasteiger partial charge in [-0.1, -0.05) is 12.1 Å². The van der Waals surface area contributed by atoms with E-state index in [1.807, 2.05) is 47.3 Å². The summed E-state index contributed by atoms with van der Waals surface area (Å²) in [6, 6.07) is 9.33. The predicted molar refractivity (Wildman–Crippen MR) is 138 cm³/mol. The molecule has 0 aliphatic carbocycles. The van der Waals surface area contributed by atoms with Gasteiger partial charge < -0.3 is 20.1 Å². The number of carbonyl (C=O) groups is 3. The fourth-order valence-corrected chi connectivity index (χ4v) is 4.33. The Hall–Kier alpha value is -4.71. The molecule has 1 unspecified atom stereocenters. The van der Waals surface area contributed by atoms with Crippen LogP contribution in [0.15, 0.2) is 78.4 Å². The standard InChI is InChI=1S/C28H27F2N5O5/c1-39-17-23-24(26(36)40-2)25(19-7-8-20(29)21(30)16-19)35(28(38)33-23)27(37)32-12-5-13-34-14-9-18(10-15-34)22-6-3-4-11-31-22/h3-4,6-11,14-16,25H,5,12-13,17H2,1-2H3,(H-,32,33,36,37,38)/p+1. The fourth-order valence-electron chi connectivity index (χ4n) is 4.33. The van der Waals surface area contributed by atoms with Crippen LogP contribution in [-0.4, -0.2) is 55.3 Å². The van der Waals surface area contributed by atoms with Gasteiger partial charge in [-0.2, -0.15) is 0 Å². The van der Waals surface area contributed by atoms with Gasteiger partial charge in [0.2, 0.25) is 0 Å². The fraction of sp³-hybridized carbons (Fsp3) is 0.250. The van der Waals surface area contributed by atoms with Gasteiger partial charge in [0.25, 0.3) is 0 Å². The minimum absolute atomic E-state index is 0.00135. The van der Waals surface area contributed by atoms with Crippen LogP contribution < -0.4 is 15.2 Å². The Morgan fingerprint density at radius 2 is 1.88 bits per heavy atom. The van der Waals surface area contributed by atoms with Gasteiger partial charge in [-0.3, -0.25) is 4.98 Å². The number of esters is 1. The van der Waals surface area contributed by atoms with Gasteiger partial charge >= 0.3 is 18.0 Å². The van der Waals surface area contributed by atoms with E-state index < -0.39 is 35.7 Å². The molecule has 1 aromatic carbocycles. The van der Waals surface area contributed by atoms with Gasteiger partial charge in [-0.25, -0.2) is 32.6 Å². The van der Waals surface area contributed by atoms with Crippen LogP contribution in [0.5, 0.6) is 0 Å². The molecule has 4 amide bonds. The lowest BCUT2D eigenvalue weighted by atomic mass is 9.93. The number of ether oxygens (including phenoxy) is 2. The summed E-state index contributed by atoms with van der Waals surface area (Å²) in [5.74, 6) is -3.19. The first kappa shape index (κ1) is 28.3. The first-order valence-electron chi connectivity index (χ1n) is 12.4. The predicted octanol–water partition coefficient (Wildman–Crippen LogP) is 3.25. The van der Waals surface area contributed by atoms with Gasteiger partial charge in [0.05, 0.1) is 30.7 Å². The summed E-state index contributed by atoms with van der Waals surface area (Å²) in [5.41, 5.74) is 1.72. The minimum atomic E-state index is -1.39. The summed E-state index contributed by atoms with van der Waals surface area (Å²) in [5, 5.41) is 5.15. The molecule has 0 bridgehead atoms. The lowest BCUT2D eigenvalue weighted by molar-refractivity contribution is -0.697. The molecule has 1 atom stereocenters. The van der Waals surface area contributed by atoms with Crippen LogP contribution in [0.3, 0.4) is 0 Å². The molecule has 40 heavy (non-hydrogen) atoms. The number of urea groups is 2. The molecule has 0 saturated heterocycles. The average Bonchev–Trinajstić information content (AvgIpc) is 2.97. The zero-order valence-electron chi connectivity index (χ0n) is 21.9. The van der Waals surface area contributed by atoms with Crippen molar-refractivity contribution in [3.8, 4) is 11.3 Å². The number of carbonyl (C=O) groups excluding carboxylic acids is 3. The summed E-state index contributed by atoms with van der Waals surface area (Å²) in [4.78, 5) is 44.1. The van der Waals surface area contributed by atoms with E-state index in [9.17, 15) is 23.2 Å². The molecule has 10 nitrogen and oxygen atoms in total. The number of imide groups is 1. The van der Waals surface area contributed by atoms with Crippen LogP contribution in [0.1, 0.15) is 18.0 Å². The zero-order chi connectivity index (χ0) is 28.6. The second kappa shape index (κ2) is 12.9. The Morgan fingerprint density at radius 3 is 2.52 bits per heavy atom. The van der Waals surface area contributed by atoms with Gasteiger partial charge in [-0.05, 0) is 29.8 Å². The number of halogens is 2. The van der Waals surface area contributed by atoms with E-state index in [0.717, 1.165) is 35.4 Å². The van der Waals surface area contributed by atoms with Crippen molar-refractivity contribution in [3.63, 3.8) is 0 Å². The van der Waals surface area contributed by atoms with Crippen LogP contribution >= 0.6 is 0 Å². The molecular weight excluding hydrogens is 524 g/mol. The second-order valence-electron chi connectivity index (χ2n) is 8.82. The number of amides is 4. The maximum Gasteiger partial charge on any atom is 0.338 e.